The van der Waals surface area contributed by atoms with Gasteiger partial charge in [-0.1, -0.05) is 6.92 Å². The first-order chi connectivity index (χ1) is 10.6. The molecule has 0 aliphatic carbocycles. The zero-order valence-electron chi connectivity index (χ0n) is 13.7. The summed E-state index contributed by atoms with van der Waals surface area (Å²) < 4.78 is 0. The predicted octanol–water partition coefficient (Wildman–Crippen LogP) is 0.676. The van der Waals surface area contributed by atoms with Crippen molar-refractivity contribution in [2.24, 2.45) is 0 Å². The fourth-order valence-corrected chi connectivity index (χ4v) is 2.77. The first-order valence-corrected chi connectivity index (χ1v) is 7.84. The lowest BCUT2D eigenvalue weighted by molar-refractivity contribution is 0.0472. The summed E-state index contributed by atoms with van der Waals surface area (Å²) in [5, 5.41) is 9.38. The summed E-state index contributed by atoms with van der Waals surface area (Å²) in [6, 6.07) is 3.81. The highest BCUT2D eigenvalue weighted by Crippen LogP contribution is 2.15. The Labute approximate surface area is 132 Å². The Bertz CT molecular complexity index is 495. The summed E-state index contributed by atoms with van der Waals surface area (Å²) >= 11 is 0. The van der Waals surface area contributed by atoms with E-state index in [1.54, 1.807) is 12.3 Å². The molecule has 1 N–H and O–H groups in total. The largest absolute Gasteiger partial charge is 0.395 e. The second-order valence-corrected chi connectivity index (χ2v) is 5.87. The molecule has 22 heavy (non-hydrogen) atoms. The number of carbonyl (C=O) groups excluding carboxylic acids is 1. The van der Waals surface area contributed by atoms with Crippen molar-refractivity contribution in [1.29, 1.82) is 0 Å². The van der Waals surface area contributed by atoms with Crippen molar-refractivity contribution in [1.82, 2.24) is 14.8 Å². The van der Waals surface area contributed by atoms with E-state index in [9.17, 15) is 9.90 Å². The van der Waals surface area contributed by atoms with Crippen LogP contribution in [0.5, 0.6) is 0 Å². The molecule has 0 aromatic carbocycles. The standard InChI is InChI=1S/C16H26N4O2/c1-4-14(12-21)19-7-9-20(10-8-19)16(22)13-5-6-17-15(11-13)18(2)3/h5-6,11,14,21H,4,7-10,12H2,1-3H3. The Morgan fingerprint density at radius 3 is 2.59 bits per heavy atom. The van der Waals surface area contributed by atoms with Crippen LogP contribution in [0.15, 0.2) is 18.3 Å². The molecule has 1 aliphatic heterocycles. The third-order valence-corrected chi connectivity index (χ3v) is 4.25. The van der Waals surface area contributed by atoms with E-state index in [0.29, 0.717) is 18.7 Å². The number of aliphatic hydroxyl groups is 1. The van der Waals surface area contributed by atoms with Crippen LogP contribution in [-0.4, -0.2) is 78.7 Å². The van der Waals surface area contributed by atoms with Crippen molar-refractivity contribution >= 4 is 11.7 Å². The second-order valence-electron chi connectivity index (χ2n) is 5.87. The molecule has 1 aromatic heterocycles. The van der Waals surface area contributed by atoms with E-state index in [0.717, 1.165) is 25.3 Å². The first-order valence-electron chi connectivity index (χ1n) is 7.84. The average Bonchev–Trinajstić information content (AvgIpc) is 2.56. The van der Waals surface area contributed by atoms with Gasteiger partial charge in [0.2, 0.25) is 0 Å². The van der Waals surface area contributed by atoms with Gasteiger partial charge in [-0.3, -0.25) is 9.69 Å². The minimum Gasteiger partial charge on any atom is -0.395 e. The molecule has 122 valence electrons. The molecule has 1 fully saturated rings. The molecule has 6 nitrogen and oxygen atoms in total. The molecule has 1 aliphatic rings. The Morgan fingerprint density at radius 1 is 1.36 bits per heavy atom. The molecule has 0 saturated carbocycles. The lowest BCUT2D eigenvalue weighted by Gasteiger charge is -2.38. The van der Waals surface area contributed by atoms with Crippen molar-refractivity contribution in [3.05, 3.63) is 23.9 Å². The SMILES string of the molecule is CCC(CO)N1CCN(C(=O)c2ccnc(N(C)C)c2)CC1. The molecule has 0 radical (unpaired) electrons. The fraction of sp³-hybridized carbons (Fsp3) is 0.625. The molecule has 1 aromatic rings. The molecule has 1 amide bonds. The monoisotopic (exact) mass is 306 g/mol. The quantitative estimate of drug-likeness (QED) is 0.867. The molecule has 0 spiro atoms. The summed E-state index contributed by atoms with van der Waals surface area (Å²) in [5.74, 6) is 0.845. The zero-order valence-corrected chi connectivity index (χ0v) is 13.7. The third-order valence-electron chi connectivity index (χ3n) is 4.25. The normalized spacial score (nSPS) is 17.4. The lowest BCUT2D eigenvalue weighted by atomic mass is 10.1. The summed E-state index contributed by atoms with van der Waals surface area (Å²) in [7, 11) is 3.82. The zero-order chi connectivity index (χ0) is 16.1. The van der Waals surface area contributed by atoms with Crippen LogP contribution in [-0.2, 0) is 0 Å². The van der Waals surface area contributed by atoms with Gasteiger partial charge >= 0.3 is 0 Å². The van der Waals surface area contributed by atoms with Gasteiger partial charge in [-0.05, 0) is 18.6 Å². The number of anilines is 1. The maximum Gasteiger partial charge on any atom is 0.254 e. The van der Waals surface area contributed by atoms with Crippen LogP contribution in [0.25, 0.3) is 0 Å². The van der Waals surface area contributed by atoms with E-state index in [-0.39, 0.29) is 18.6 Å². The van der Waals surface area contributed by atoms with Crippen molar-refractivity contribution in [3.63, 3.8) is 0 Å². The van der Waals surface area contributed by atoms with Crippen LogP contribution < -0.4 is 4.90 Å². The number of pyridine rings is 1. The topological polar surface area (TPSA) is 59.9 Å². The number of piperazine rings is 1. The van der Waals surface area contributed by atoms with Crippen molar-refractivity contribution in [3.8, 4) is 0 Å². The van der Waals surface area contributed by atoms with Crippen LogP contribution in [0.3, 0.4) is 0 Å². The van der Waals surface area contributed by atoms with E-state index >= 15 is 0 Å². The highest BCUT2D eigenvalue weighted by Gasteiger charge is 2.25. The van der Waals surface area contributed by atoms with Crippen LogP contribution in [0.2, 0.25) is 0 Å². The van der Waals surface area contributed by atoms with E-state index < -0.39 is 0 Å². The van der Waals surface area contributed by atoms with Gasteiger partial charge in [0.25, 0.3) is 5.91 Å². The van der Waals surface area contributed by atoms with Crippen LogP contribution in [0.1, 0.15) is 23.7 Å². The van der Waals surface area contributed by atoms with Gasteiger partial charge < -0.3 is 14.9 Å². The maximum atomic E-state index is 12.6. The Kier molecular flexibility index (Phi) is 5.74. The van der Waals surface area contributed by atoms with Crippen LogP contribution in [0.4, 0.5) is 5.82 Å². The number of hydrogen-bond acceptors (Lipinski definition) is 5. The number of aliphatic hydroxyl groups excluding tert-OH is 1. The van der Waals surface area contributed by atoms with E-state index in [1.165, 1.54) is 0 Å². The number of amides is 1. The minimum atomic E-state index is 0.0576. The van der Waals surface area contributed by atoms with Crippen LogP contribution in [0, 0.1) is 0 Å². The molecule has 1 unspecified atom stereocenters. The molecule has 2 rings (SSSR count). The number of hydrogen-bond donors (Lipinski definition) is 1. The number of carbonyl (C=O) groups is 1. The van der Waals surface area contributed by atoms with Crippen LogP contribution >= 0.6 is 0 Å². The molecule has 1 saturated heterocycles. The van der Waals surface area contributed by atoms with Gasteiger partial charge in [-0.15, -0.1) is 0 Å². The van der Waals surface area contributed by atoms with Gasteiger partial charge in [0.05, 0.1) is 6.61 Å². The van der Waals surface area contributed by atoms with Crippen molar-refractivity contribution in [2.75, 3.05) is 51.8 Å². The fourth-order valence-electron chi connectivity index (χ4n) is 2.77. The highest BCUT2D eigenvalue weighted by atomic mass is 16.3. The maximum absolute atomic E-state index is 12.6. The summed E-state index contributed by atoms with van der Waals surface area (Å²) in [4.78, 5) is 22.9. The second kappa shape index (κ2) is 7.56. The smallest absolute Gasteiger partial charge is 0.254 e. The molecule has 0 bridgehead atoms. The predicted molar refractivity (Wildman–Crippen MR) is 87.2 cm³/mol. The third kappa shape index (κ3) is 3.75. The highest BCUT2D eigenvalue weighted by molar-refractivity contribution is 5.94. The lowest BCUT2D eigenvalue weighted by Crippen LogP contribution is -2.52. The van der Waals surface area contributed by atoms with E-state index in [1.807, 2.05) is 30.0 Å². The Balaban J connectivity index is 1.99. The summed E-state index contributed by atoms with van der Waals surface area (Å²) in [6.45, 7) is 5.30. The Morgan fingerprint density at radius 2 is 2.05 bits per heavy atom. The van der Waals surface area contributed by atoms with Gasteiger partial charge in [0.15, 0.2) is 0 Å². The number of rotatable bonds is 5. The van der Waals surface area contributed by atoms with Gasteiger partial charge in [0.1, 0.15) is 5.82 Å². The van der Waals surface area contributed by atoms with E-state index in [4.69, 9.17) is 0 Å². The van der Waals surface area contributed by atoms with Crippen molar-refractivity contribution < 1.29 is 9.90 Å². The Hall–Kier alpha value is -1.66. The minimum absolute atomic E-state index is 0.0576. The molecular formula is C16H26N4O2. The molecule has 1 atom stereocenters. The average molecular weight is 306 g/mol. The molecule has 2 heterocycles. The summed E-state index contributed by atoms with van der Waals surface area (Å²) in [5.41, 5.74) is 0.682. The summed E-state index contributed by atoms with van der Waals surface area (Å²) in [6.07, 6.45) is 2.61. The number of nitrogens with zero attached hydrogens (tertiary/aromatic N) is 4. The van der Waals surface area contributed by atoms with Gasteiger partial charge in [-0.25, -0.2) is 4.98 Å². The molecule has 6 heteroatoms. The first kappa shape index (κ1) is 16.7. The van der Waals surface area contributed by atoms with Crippen molar-refractivity contribution in [2.45, 2.75) is 19.4 Å². The van der Waals surface area contributed by atoms with E-state index in [2.05, 4.69) is 16.8 Å². The molecular weight excluding hydrogens is 280 g/mol. The van der Waals surface area contributed by atoms with Gasteiger partial charge in [-0.2, -0.15) is 0 Å². The number of aromatic nitrogens is 1. The van der Waals surface area contributed by atoms with Gasteiger partial charge in [0, 0.05) is 58.1 Å².